The molecule has 0 saturated carbocycles. The largest absolute Gasteiger partial charge is 0.507 e. The zero-order valence-electron chi connectivity index (χ0n) is 19.4. The second-order valence-corrected chi connectivity index (χ2v) is 8.80. The number of para-hydroxylation sites is 1. The van der Waals surface area contributed by atoms with Crippen molar-refractivity contribution in [2.24, 2.45) is 0 Å². The normalized spacial score (nSPS) is 17.2. The van der Waals surface area contributed by atoms with Crippen LogP contribution in [0.25, 0.3) is 5.76 Å². The monoisotopic (exact) mass is 480 g/mol. The summed E-state index contributed by atoms with van der Waals surface area (Å²) in [6.07, 6.45) is 0. The molecule has 2 aromatic carbocycles. The van der Waals surface area contributed by atoms with E-state index in [-0.39, 0.29) is 11.3 Å². The number of methoxy groups -OCH3 is 3. The summed E-state index contributed by atoms with van der Waals surface area (Å²) < 4.78 is 16.2. The highest BCUT2D eigenvalue weighted by Gasteiger charge is 2.49. The molecule has 0 aliphatic carbocycles. The summed E-state index contributed by atoms with van der Waals surface area (Å²) in [6, 6.07) is 10.8. The minimum Gasteiger partial charge on any atom is -0.507 e. The summed E-state index contributed by atoms with van der Waals surface area (Å²) in [6.45, 7) is 3.73. The molecule has 8 nitrogen and oxygen atoms in total. The van der Waals surface area contributed by atoms with E-state index < -0.39 is 17.7 Å². The Balaban J connectivity index is 2.00. The number of aliphatic hydroxyl groups excluding tert-OH is 1. The second kappa shape index (κ2) is 9.18. The molecule has 176 valence electrons. The highest BCUT2D eigenvalue weighted by Crippen LogP contribution is 2.48. The molecule has 1 aromatic heterocycles. The molecule has 1 N–H and O–H groups in total. The van der Waals surface area contributed by atoms with Gasteiger partial charge in [-0.1, -0.05) is 12.1 Å². The molecular weight excluding hydrogens is 456 g/mol. The molecule has 0 spiro atoms. The van der Waals surface area contributed by atoms with Gasteiger partial charge in [0.15, 0.2) is 16.6 Å². The Morgan fingerprint density at radius 3 is 2.26 bits per heavy atom. The highest BCUT2D eigenvalue weighted by molar-refractivity contribution is 7.16. The van der Waals surface area contributed by atoms with Crippen LogP contribution in [0, 0.1) is 13.8 Å². The number of anilines is 1. The number of hydrogen-bond donors (Lipinski definition) is 1. The van der Waals surface area contributed by atoms with Crippen molar-refractivity contribution in [3.8, 4) is 17.2 Å². The fraction of sp³-hybridized carbons (Fsp3) is 0.240. The number of aromatic nitrogens is 1. The highest BCUT2D eigenvalue weighted by atomic mass is 32.1. The molecule has 34 heavy (non-hydrogen) atoms. The molecule has 1 amide bonds. The van der Waals surface area contributed by atoms with Crippen LogP contribution >= 0.6 is 11.3 Å². The van der Waals surface area contributed by atoms with E-state index in [9.17, 15) is 14.7 Å². The molecule has 0 radical (unpaired) electrons. The first-order chi connectivity index (χ1) is 16.3. The summed E-state index contributed by atoms with van der Waals surface area (Å²) in [5, 5.41) is 11.6. The summed E-state index contributed by atoms with van der Waals surface area (Å²) in [5.74, 6) is -0.512. The van der Waals surface area contributed by atoms with E-state index in [1.807, 2.05) is 13.8 Å². The summed E-state index contributed by atoms with van der Waals surface area (Å²) in [7, 11) is 4.52. The van der Waals surface area contributed by atoms with Crippen molar-refractivity contribution in [2.45, 2.75) is 19.9 Å². The number of ketones is 1. The molecule has 0 bridgehead atoms. The minimum absolute atomic E-state index is 0.0628. The van der Waals surface area contributed by atoms with E-state index in [2.05, 4.69) is 4.98 Å². The van der Waals surface area contributed by atoms with Gasteiger partial charge in [-0.25, -0.2) is 4.98 Å². The third kappa shape index (κ3) is 3.77. The van der Waals surface area contributed by atoms with E-state index in [1.54, 1.807) is 42.5 Å². The van der Waals surface area contributed by atoms with E-state index in [4.69, 9.17) is 14.2 Å². The molecule has 9 heteroatoms. The lowest BCUT2D eigenvalue weighted by Crippen LogP contribution is -2.29. The van der Waals surface area contributed by atoms with Crippen LogP contribution in [0.4, 0.5) is 5.13 Å². The third-order valence-corrected chi connectivity index (χ3v) is 6.83. The molecular formula is C25H24N2O6S. The van der Waals surface area contributed by atoms with E-state index in [1.165, 1.54) is 37.6 Å². The minimum atomic E-state index is -0.975. The Morgan fingerprint density at radius 1 is 1.00 bits per heavy atom. The third-order valence-electron chi connectivity index (χ3n) is 5.76. The van der Waals surface area contributed by atoms with Gasteiger partial charge in [-0.2, -0.15) is 0 Å². The Hall–Kier alpha value is -3.85. The van der Waals surface area contributed by atoms with Crippen LogP contribution in [0.1, 0.15) is 27.7 Å². The maximum atomic E-state index is 13.3. The van der Waals surface area contributed by atoms with Crippen LogP contribution in [0.2, 0.25) is 0 Å². The Labute approximate surface area is 201 Å². The second-order valence-electron chi connectivity index (χ2n) is 7.62. The lowest BCUT2D eigenvalue weighted by atomic mass is 9.94. The average Bonchev–Trinajstić information content (AvgIpc) is 3.32. The zero-order chi connectivity index (χ0) is 24.6. The summed E-state index contributed by atoms with van der Waals surface area (Å²) in [5.41, 5.74) is 1.56. The van der Waals surface area contributed by atoms with Gasteiger partial charge in [0.25, 0.3) is 5.78 Å². The molecule has 1 aliphatic rings. The number of carbonyl (C=O) groups is 2. The van der Waals surface area contributed by atoms with Gasteiger partial charge >= 0.3 is 5.91 Å². The number of aliphatic hydroxyl groups is 1. The van der Waals surface area contributed by atoms with Gasteiger partial charge in [0.1, 0.15) is 17.6 Å². The number of aryl methyl sites for hydroxylation is 2. The number of rotatable bonds is 6. The molecule has 3 aromatic rings. The standard InChI is InChI=1S/C25H24N2O6S/c1-13-14(2)34-25(26-13)27-20(17-7-6-8-18(32-4)23(17)33-5)19(22(29)24(27)30)21(28)15-9-11-16(31-3)12-10-15/h6-12,20,28H,1-5H3. The number of ether oxygens (including phenoxy) is 3. The summed E-state index contributed by atoms with van der Waals surface area (Å²) in [4.78, 5) is 33.4. The van der Waals surface area contributed by atoms with Gasteiger partial charge in [0.05, 0.1) is 32.6 Å². The molecule has 1 fully saturated rings. The number of benzene rings is 2. The number of amides is 1. The molecule has 1 aliphatic heterocycles. The first-order valence-corrected chi connectivity index (χ1v) is 11.2. The van der Waals surface area contributed by atoms with Crippen LogP contribution in [0.5, 0.6) is 17.2 Å². The van der Waals surface area contributed by atoms with Gasteiger partial charge in [-0.3, -0.25) is 14.5 Å². The lowest BCUT2D eigenvalue weighted by molar-refractivity contribution is -0.132. The fourth-order valence-electron chi connectivity index (χ4n) is 3.91. The number of hydrogen-bond acceptors (Lipinski definition) is 8. The SMILES string of the molecule is COc1ccc(C(O)=C2C(=O)C(=O)N(c3nc(C)c(C)s3)C2c2cccc(OC)c2OC)cc1. The van der Waals surface area contributed by atoms with Crippen molar-refractivity contribution < 1.29 is 28.9 Å². The molecule has 4 rings (SSSR count). The van der Waals surface area contributed by atoms with Crippen LogP contribution in [0.3, 0.4) is 0 Å². The number of carbonyl (C=O) groups excluding carboxylic acids is 2. The predicted molar refractivity (Wildman–Crippen MR) is 129 cm³/mol. The van der Waals surface area contributed by atoms with Gasteiger partial charge in [0, 0.05) is 16.0 Å². The van der Waals surface area contributed by atoms with Crippen molar-refractivity contribution >= 4 is 33.9 Å². The van der Waals surface area contributed by atoms with Crippen LogP contribution in [-0.4, -0.2) is 43.1 Å². The smallest absolute Gasteiger partial charge is 0.301 e. The number of nitrogens with zero attached hydrogens (tertiary/aromatic N) is 2. The first kappa shape index (κ1) is 23.3. The molecule has 1 atom stereocenters. The van der Waals surface area contributed by atoms with Crippen LogP contribution in [-0.2, 0) is 9.59 Å². The van der Waals surface area contributed by atoms with E-state index in [0.717, 1.165) is 10.6 Å². The molecule has 2 heterocycles. The number of thiazole rings is 1. The quantitative estimate of drug-likeness (QED) is 0.317. The topological polar surface area (TPSA) is 98.2 Å². The summed E-state index contributed by atoms with van der Waals surface area (Å²) >= 11 is 1.30. The molecule has 1 unspecified atom stereocenters. The Kier molecular flexibility index (Phi) is 6.30. The van der Waals surface area contributed by atoms with Crippen LogP contribution < -0.4 is 19.1 Å². The Morgan fingerprint density at radius 2 is 1.71 bits per heavy atom. The van der Waals surface area contributed by atoms with Gasteiger partial charge in [-0.05, 0) is 44.2 Å². The molecule has 1 saturated heterocycles. The fourth-order valence-corrected chi connectivity index (χ4v) is 4.85. The number of Topliss-reactive ketones (excluding diaryl/α,β-unsaturated/α-hetero) is 1. The van der Waals surface area contributed by atoms with Gasteiger partial charge < -0.3 is 19.3 Å². The zero-order valence-corrected chi connectivity index (χ0v) is 20.2. The Bertz CT molecular complexity index is 1280. The van der Waals surface area contributed by atoms with E-state index in [0.29, 0.717) is 33.5 Å². The maximum absolute atomic E-state index is 13.3. The van der Waals surface area contributed by atoms with Crippen molar-refractivity contribution in [2.75, 3.05) is 26.2 Å². The maximum Gasteiger partial charge on any atom is 0.301 e. The average molecular weight is 481 g/mol. The van der Waals surface area contributed by atoms with Gasteiger partial charge in [-0.15, -0.1) is 11.3 Å². The van der Waals surface area contributed by atoms with Crippen molar-refractivity contribution in [3.05, 3.63) is 69.7 Å². The first-order valence-electron chi connectivity index (χ1n) is 10.4. The van der Waals surface area contributed by atoms with Crippen LogP contribution in [0.15, 0.2) is 48.0 Å². The van der Waals surface area contributed by atoms with Gasteiger partial charge in [0.2, 0.25) is 0 Å². The van der Waals surface area contributed by atoms with Crippen molar-refractivity contribution in [1.29, 1.82) is 0 Å². The predicted octanol–water partition coefficient (Wildman–Crippen LogP) is 4.41. The van der Waals surface area contributed by atoms with Crippen molar-refractivity contribution in [3.63, 3.8) is 0 Å². The lowest BCUT2D eigenvalue weighted by Gasteiger charge is -2.25. The van der Waals surface area contributed by atoms with E-state index >= 15 is 0 Å². The van der Waals surface area contributed by atoms with Crippen molar-refractivity contribution in [1.82, 2.24) is 4.98 Å².